The van der Waals surface area contributed by atoms with Gasteiger partial charge in [0.2, 0.25) is 8.32 Å². The Balaban J connectivity index is 0.00000200. The zero-order valence-electron chi connectivity index (χ0n) is 12.6. The SMILES string of the molecule is C[Si](C)(C)Oc1ccc([C@@H](N)C2CCOCC2)cc1.Cl. The van der Waals surface area contributed by atoms with Crippen LogP contribution < -0.4 is 10.2 Å². The molecular formula is C15H26ClNO2Si. The zero-order chi connectivity index (χ0) is 13.9. The van der Waals surface area contributed by atoms with E-state index in [9.17, 15) is 0 Å². The Labute approximate surface area is 129 Å². The highest BCUT2D eigenvalue weighted by Crippen LogP contribution is 2.29. The summed E-state index contributed by atoms with van der Waals surface area (Å²) in [6.07, 6.45) is 2.13. The van der Waals surface area contributed by atoms with E-state index in [0.29, 0.717) is 5.92 Å². The first-order chi connectivity index (χ1) is 8.96. The third-order valence-electron chi connectivity index (χ3n) is 3.46. The third-order valence-corrected chi connectivity index (χ3v) is 4.31. The summed E-state index contributed by atoms with van der Waals surface area (Å²) >= 11 is 0. The van der Waals surface area contributed by atoms with Gasteiger partial charge in [-0.15, -0.1) is 12.4 Å². The van der Waals surface area contributed by atoms with Gasteiger partial charge >= 0.3 is 0 Å². The van der Waals surface area contributed by atoms with Gasteiger partial charge in [-0.2, -0.15) is 0 Å². The average molecular weight is 316 g/mol. The van der Waals surface area contributed by atoms with Gasteiger partial charge in [-0.1, -0.05) is 12.1 Å². The standard InChI is InChI=1S/C15H25NO2Si.ClH/c1-19(2,3)18-14-6-4-12(5-7-14)15(16)13-8-10-17-11-9-13;/h4-7,13,15H,8-11,16H2,1-3H3;1H/t15-;/m1./s1. The van der Waals surface area contributed by atoms with Gasteiger partial charge in [0.25, 0.3) is 0 Å². The van der Waals surface area contributed by atoms with Crippen LogP contribution in [-0.2, 0) is 4.74 Å². The fourth-order valence-corrected chi connectivity index (χ4v) is 3.30. The summed E-state index contributed by atoms with van der Waals surface area (Å²) in [5.74, 6) is 1.50. The molecule has 1 aromatic carbocycles. The molecule has 0 radical (unpaired) electrons. The van der Waals surface area contributed by atoms with Gasteiger partial charge in [0, 0.05) is 19.3 Å². The van der Waals surface area contributed by atoms with Gasteiger partial charge in [0.05, 0.1) is 0 Å². The minimum Gasteiger partial charge on any atom is -0.544 e. The summed E-state index contributed by atoms with van der Waals surface area (Å²) in [5.41, 5.74) is 7.56. The van der Waals surface area contributed by atoms with Crippen LogP contribution in [0.15, 0.2) is 24.3 Å². The molecule has 114 valence electrons. The molecule has 2 N–H and O–H groups in total. The van der Waals surface area contributed by atoms with Crippen molar-refractivity contribution < 1.29 is 9.16 Å². The smallest absolute Gasteiger partial charge is 0.242 e. The molecule has 1 saturated heterocycles. The van der Waals surface area contributed by atoms with E-state index < -0.39 is 8.32 Å². The van der Waals surface area contributed by atoms with Gasteiger partial charge < -0.3 is 14.9 Å². The summed E-state index contributed by atoms with van der Waals surface area (Å²) in [7, 11) is -1.52. The summed E-state index contributed by atoms with van der Waals surface area (Å²) in [4.78, 5) is 0. The van der Waals surface area contributed by atoms with Crippen molar-refractivity contribution in [2.24, 2.45) is 11.7 Å². The van der Waals surface area contributed by atoms with Gasteiger partial charge in [-0.3, -0.25) is 0 Å². The van der Waals surface area contributed by atoms with Crippen molar-refractivity contribution in [3.8, 4) is 5.75 Å². The number of halogens is 1. The minimum absolute atomic E-state index is 0. The number of rotatable bonds is 4. The fraction of sp³-hybridized carbons (Fsp3) is 0.600. The summed E-state index contributed by atoms with van der Waals surface area (Å²) < 4.78 is 11.3. The number of nitrogens with two attached hydrogens (primary N) is 1. The van der Waals surface area contributed by atoms with Crippen molar-refractivity contribution in [2.45, 2.75) is 38.5 Å². The molecule has 0 bridgehead atoms. The lowest BCUT2D eigenvalue weighted by atomic mass is 9.88. The fourth-order valence-electron chi connectivity index (χ4n) is 2.46. The Hall–Kier alpha value is -0.553. The Kier molecular flexibility index (Phi) is 6.52. The molecule has 1 heterocycles. The van der Waals surface area contributed by atoms with Crippen LogP contribution >= 0.6 is 12.4 Å². The predicted octanol–water partition coefficient (Wildman–Crippen LogP) is 3.75. The maximum atomic E-state index is 6.36. The van der Waals surface area contributed by atoms with Crippen LogP contribution in [0.4, 0.5) is 0 Å². The largest absolute Gasteiger partial charge is 0.544 e. The Morgan fingerprint density at radius 2 is 1.70 bits per heavy atom. The number of benzene rings is 1. The van der Waals surface area contributed by atoms with Gasteiger partial charge in [0.1, 0.15) is 5.75 Å². The molecule has 1 aliphatic rings. The molecule has 0 unspecified atom stereocenters. The highest BCUT2D eigenvalue weighted by Gasteiger charge is 2.22. The van der Waals surface area contributed by atoms with Crippen molar-refractivity contribution in [3.05, 3.63) is 29.8 Å². The van der Waals surface area contributed by atoms with Gasteiger partial charge in [-0.25, -0.2) is 0 Å². The second kappa shape index (κ2) is 7.45. The topological polar surface area (TPSA) is 44.5 Å². The van der Waals surface area contributed by atoms with Crippen LogP contribution in [0.2, 0.25) is 19.6 Å². The van der Waals surface area contributed by atoms with E-state index in [0.717, 1.165) is 31.8 Å². The maximum absolute atomic E-state index is 6.36. The van der Waals surface area contributed by atoms with Crippen LogP contribution in [0.3, 0.4) is 0 Å². The van der Waals surface area contributed by atoms with Crippen LogP contribution in [0.5, 0.6) is 5.75 Å². The van der Waals surface area contributed by atoms with Gasteiger partial charge in [0.15, 0.2) is 0 Å². The molecule has 0 amide bonds. The van der Waals surface area contributed by atoms with Crippen LogP contribution in [0, 0.1) is 5.92 Å². The van der Waals surface area contributed by atoms with Crippen molar-refractivity contribution in [1.82, 2.24) is 0 Å². The maximum Gasteiger partial charge on any atom is 0.242 e. The minimum atomic E-state index is -1.52. The first-order valence-corrected chi connectivity index (χ1v) is 10.5. The lowest BCUT2D eigenvalue weighted by Gasteiger charge is -2.28. The lowest BCUT2D eigenvalue weighted by Crippen LogP contribution is -2.29. The van der Waals surface area contributed by atoms with Crippen molar-refractivity contribution in [2.75, 3.05) is 13.2 Å². The van der Waals surface area contributed by atoms with Crippen LogP contribution in [-0.4, -0.2) is 21.5 Å². The molecule has 1 aliphatic heterocycles. The van der Waals surface area contributed by atoms with E-state index in [4.69, 9.17) is 14.9 Å². The molecule has 1 fully saturated rings. The van der Waals surface area contributed by atoms with E-state index in [1.165, 1.54) is 5.56 Å². The molecule has 5 heteroatoms. The Morgan fingerprint density at radius 3 is 2.20 bits per heavy atom. The number of hydrogen-bond donors (Lipinski definition) is 1. The van der Waals surface area contributed by atoms with E-state index in [-0.39, 0.29) is 18.4 Å². The van der Waals surface area contributed by atoms with Crippen molar-refractivity contribution in [3.63, 3.8) is 0 Å². The second-order valence-corrected chi connectivity index (χ2v) is 10.7. The molecule has 2 rings (SSSR count). The van der Waals surface area contributed by atoms with Crippen LogP contribution in [0.1, 0.15) is 24.4 Å². The second-order valence-electron chi connectivity index (χ2n) is 6.26. The summed E-state index contributed by atoms with van der Waals surface area (Å²) in [6, 6.07) is 8.43. The number of ether oxygens (including phenoxy) is 1. The molecule has 1 atom stereocenters. The molecule has 3 nitrogen and oxygen atoms in total. The molecule has 0 aromatic heterocycles. The molecule has 1 aromatic rings. The van der Waals surface area contributed by atoms with E-state index in [2.05, 4.69) is 31.8 Å². The molecule has 0 saturated carbocycles. The third kappa shape index (κ3) is 5.09. The van der Waals surface area contributed by atoms with Crippen molar-refractivity contribution in [1.29, 1.82) is 0 Å². The van der Waals surface area contributed by atoms with E-state index >= 15 is 0 Å². The van der Waals surface area contributed by atoms with Crippen LogP contribution in [0.25, 0.3) is 0 Å². The van der Waals surface area contributed by atoms with Crippen molar-refractivity contribution >= 4 is 20.7 Å². The number of hydrogen-bond acceptors (Lipinski definition) is 3. The predicted molar refractivity (Wildman–Crippen MR) is 88.1 cm³/mol. The summed E-state index contributed by atoms with van der Waals surface area (Å²) in [5, 5.41) is 0. The Bertz CT molecular complexity index is 399. The summed E-state index contributed by atoms with van der Waals surface area (Å²) in [6.45, 7) is 8.25. The molecular weight excluding hydrogens is 290 g/mol. The molecule has 0 aliphatic carbocycles. The normalized spacial score (nSPS) is 18.2. The monoisotopic (exact) mass is 315 g/mol. The quantitative estimate of drug-likeness (QED) is 0.861. The van der Waals surface area contributed by atoms with E-state index in [1.807, 2.05) is 12.1 Å². The van der Waals surface area contributed by atoms with E-state index in [1.54, 1.807) is 0 Å². The Morgan fingerprint density at radius 1 is 1.15 bits per heavy atom. The highest BCUT2D eigenvalue weighted by atomic mass is 35.5. The van der Waals surface area contributed by atoms with Gasteiger partial charge in [-0.05, 0) is 56.1 Å². The molecule has 20 heavy (non-hydrogen) atoms. The average Bonchev–Trinajstić information content (AvgIpc) is 2.38. The first kappa shape index (κ1) is 17.5. The molecule has 0 spiro atoms. The lowest BCUT2D eigenvalue weighted by molar-refractivity contribution is 0.0584. The first-order valence-electron chi connectivity index (χ1n) is 7.08. The highest BCUT2D eigenvalue weighted by molar-refractivity contribution is 6.70. The zero-order valence-corrected chi connectivity index (χ0v) is 14.4.